The molecule has 3 N–H and O–H groups in total. The van der Waals surface area contributed by atoms with Gasteiger partial charge in [0, 0.05) is 18.8 Å². The highest BCUT2D eigenvalue weighted by molar-refractivity contribution is 5.80. The normalized spacial score (nSPS) is 20.5. The summed E-state index contributed by atoms with van der Waals surface area (Å²) in [5.41, 5.74) is 3.82. The predicted octanol–water partition coefficient (Wildman–Crippen LogP) is 4.43. The Balaban J connectivity index is 1.16. The number of hydrogen-bond donors (Lipinski definition) is 3. The van der Waals surface area contributed by atoms with Crippen molar-refractivity contribution in [2.24, 2.45) is 5.92 Å². The number of carboxylic acid groups (broad SMARTS) is 1. The molecule has 1 saturated carbocycles. The number of aryl methyl sites for hydroxylation is 2. The summed E-state index contributed by atoms with van der Waals surface area (Å²) in [6.07, 6.45) is 7.58. The Labute approximate surface area is 217 Å². The molecular formula is C29H37FN4O3. The number of hydrogen-bond acceptors (Lipinski definition) is 5. The van der Waals surface area contributed by atoms with Crippen LogP contribution in [0.1, 0.15) is 79.3 Å². The molecule has 2 aromatic rings. The number of anilines is 1. The first kappa shape index (κ1) is 25.6. The van der Waals surface area contributed by atoms with E-state index in [1.165, 1.54) is 17.7 Å². The minimum Gasteiger partial charge on any atom is -0.481 e. The average Bonchev–Trinajstić information content (AvgIpc) is 3.74. The molecule has 2 fully saturated rings. The molecule has 3 heterocycles. The molecule has 0 spiro atoms. The lowest BCUT2D eigenvalue weighted by Gasteiger charge is -2.33. The number of nitrogens with zero attached hydrogens (tertiary/aromatic N) is 2. The first-order valence-corrected chi connectivity index (χ1v) is 13.7. The number of carbonyl (C=O) groups excluding carboxylic acids is 1. The third-order valence-corrected chi connectivity index (χ3v) is 7.82. The van der Waals surface area contributed by atoms with Crippen LogP contribution in [0.3, 0.4) is 0 Å². The average molecular weight is 509 g/mol. The highest BCUT2D eigenvalue weighted by Crippen LogP contribution is 2.41. The van der Waals surface area contributed by atoms with Gasteiger partial charge in [-0.05, 0) is 105 Å². The van der Waals surface area contributed by atoms with E-state index in [4.69, 9.17) is 4.98 Å². The van der Waals surface area contributed by atoms with Crippen molar-refractivity contribution in [3.63, 3.8) is 0 Å². The quantitative estimate of drug-likeness (QED) is 0.440. The van der Waals surface area contributed by atoms with Crippen molar-refractivity contribution in [3.05, 3.63) is 58.5 Å². The maximum Gasteiger partial charge on any atom is 0.305 e. The molecule has 2 aliphatic heterocycles. The van der Waals surface area contributed by atoms with Gasteiger partial charge < -0.3 is 20.6 Å². The molecule has 5 rings (SSSR count). The van der Waals surface area contributed by atoms with Gasteiger partial charge in [-0.1, -0.05) is 12.1 Å². The van der Waals surface area contributed by atoms with Crippen LogP contribution in [0.15, 0.2) is 30.3 Å². The Morgan fingerprint density at radius 1 is 1.19 bits per heavy atom. The van der Waals surface area contributed by atoms with Crippen LogP contribution in [0, 0.1) is 11.7 Å². The number of benzene rings is 1. The van der Waals surface area contributed by atoms with E-state index in [0.29, 0.717) is 18.0 Å². The first-order chi connectivity index (χ1) is 17.9. The second-order valence-electron chi connectivity index (χ2n) is 10.8. The van der Waals surface area contributed by atoms with Crippen LogP contribution in [0.2, 0.25) is 0 Å². The van der Waals surface area contributed by atoms with Gasteiger partial charge in [0.1, 0.15) is 11.6 Å². The molecule has 1 aromatic heterocycles. The number of likely N-dealkylation sites (tertiary alicyclic amines) is 1. The van der Waals surface area contributed by atoms with Crippen LogP contribution in [-0.2, 0) is 22.4 Å². The third kappa shape index (κ3) is 6.86. The minimum atomic E-state index is -1.02. The molecule has 1 aliphatic carbocycles. The van der Waals surface area contributed by atoms with Gasteiger partial charge in [-0.3, -0.25) is 9.59 Å². The second-order valence-corrected chi connectivity index (χ2v) is 10.8. The topological polar surface area (TPSA) is 94.6 Å². The minimum absolute atomic E-state index is 0.143. The zero-order valence-electron chi connectivity index (χ0n) is 21.3. The van der Waals surface area contributed by atoms with E-state index in [2.05, 4.69) is 27.7 Å². The Hall–Kier alpha value is -3.00. The van der Waals surface area contributed by atoms with Crippen LogP contribution in [-0.4, -0.2) is 53.0 Å². The molecule has 2 atom stereocenters. The summed E-state index contributed by atoms with van der Waals surface area (Å²) in [5, 5.41) is 15.8. The predicted molar refractivity (Wildman–Crippen MR) is 140 cm³/mol. The van der Waals surface area contributed by atoms with Crippen molar-refractivity contribution in [2.75, 3.05) is 31.5 Å². The van der Waals surface area contributed by atoms with Gasteiger partial charge in [0.25, 0.3) is 0 Å². The number of fused-ring (bicyclic) bond motifs is 1. The van der Waals surface area contributed by atoms with Gasteiger partial charge in [0.05, 0.1) is 18.4 Å². The van der Waals surface area contributed by atoms with E-state index in [1.54, 1.807) is 0 Å². The van der Waals surface area contributed by atoms with Gasteiger partial charge in [-0.2, -0.15) is 0 Å². The van der Waals surface area contributed by atoms with E-state index in [1.807, 2.05) is 6.07 Å². The standard InChI is InChI=1S/C29H37FN4O3/c30-24-15-22(19-7-8-19)14-23(16-24)26(17-27(35)36)33-29(37)21-5-2-12-34(18-21)13-3-6-25-10-9-20-4-1-11-31-28(20)32-25/h9-10,14-16,19,21,26H,1-8,11-13,17-18H2,(H,31,32)(H,33,37)(H,35,36)/t21-,26-/m1/s1. The van der Waals surface area contributed by atoms with Crippen LogP contribution in [0.25, 0.3) is 0 Å². The molecule has 8 heteroatoms. The maximum absolute atomic E-state index is 14.3. The highest BCUT2D eigenvalue weighted by atomic mass is 19.1. The molecule has 1 saturated heterocycles. The first-order valence-electron chi connectivity index (χ1n) is 13.7. The zero-order valence-corrected chi connectivity index (χ0v) is 21.3. The monoisotopic (exact) mass is 508 g/mol. The van der Waals surface area contributed by atoms with Crippen molar-refractivity contribution in [1.29, 1.82) is 0 Å². The van der Waals surface area contributed by atoms with E-state index in [0.717, 1.165) is 88.1 Å². The number of amides is 1. The highest BCUT2D eigenvalue weighted by Gasteiger charge is 2.30. The van der Waals surface area contributed by atoms with E-state index in [9.17, 15) is 19.1 Å². The van der Waals surface area contributed by atoms with Crippen molar-refractivity contribution in [1.82, 2.24) is 15.2 Å². The van der Waals surface area contributed by atoms with E-state index < -0.39 is 12.0 Å². The summed E-state index contributed by atoms with van der Waals surface area (Å²) in [4.78, 5) is 31.9. The van der Waals surface area contributed by atoms with E-state index >= 15 is 0 Å². The van der Waals surface area contributed by atoms with Crippen LogP contribution < -0.4 is 10.6 Å². The third-order valence-electron chi connectivity index (χ3n) is 7.82. The molecule has 37 heavy (non-hydrogen) atoms. The SMILES string of the molecule is O=C(O)C[C@@H](NC(=O)[C@@H]1CCCN(CCCc2ccc3c(n2)NCCC3)C1)c1cc(F)cc(C2CC2)c1. The number of halogens is 1. The number of nitrogens with one attached hydrogen (secondary N) is 2. The summed E-state index contributed by atoms with van der Waals surface area (Å²) in [6.45, 7) is 3.48. The lowest BCUT2D eigenvalue weighted by Crippen LogP contribution is -2.44. The summed E-state index contributed by atoms with van der Waals surface area (Å²) in [7, 11) is 0. The molecule has 1 aromatic carbocycles. The molecule has 3 aliphatic rings. The van der Waals surface area contributed by atoms with Crippen LogP contribution >= 0.6 is 0 Å². The van der Waals surface area contributed by atoms with Gasteiger partial charge >= 0.3 is 5.97 Å². The Bertz CT molecular complexity index is 1140. The van der Waals surface area contributed by atoms with Crippen LogP contribution in [0.5, 0.6) is 0 Å². The number of rotatable bonds is 10. The number of aliphatic carboxylic acids is 1. The maximum atomic E-state index is 14.3. The number of piperidine rings is 1. The van der Waals surface area contributed by atoms with Gasteiger partial charge in [0.2, 0.25) is 5.91 Å². The number of pyridine rings is 1. The molecule has 0 radical (unpaired) electrons. The zero-order chi connectivity index (χ0) is 25.8. The Kier molecular flexibility index (Phi) is 8.03. The number of aromatic nitrogens is 1. The lowest BCUT2D eigenvalue weighted by atomic mass is 9.94. The Morgan fingerprint density at radius 3 is 2.86 bits per heavy atom. The van der Waals surface area contributed by atoms with Gasteiger partial charge in [-0.15, -0.1) is 0 Å². The lowest BCUT2D eigenvalue weighted by molar-refractivity contribution is -0.138. The smallest absolute Gasteiger partial charge is 0.305 e. The number of carbonyl (C=O) groups is 2. The Morgan fingerprint density at radius 2 is 2.05 bits per heavy atom. The van der Waals surface area contributed by atoms with Crippen LogP contribution in [0.4, 0.5) is 10.2 Å². The molecule has 7 nitrogen and oxygen atoms in total. The van der Waals surface area contributed by atoms with Gasteiger partial charge in [-0.25, -0.2) is 9.37 Å². The summed E-state index contributed by atoms with van der Waals surface area (Å²) in [6, 6.07) is 8.32. The molecule has 198 valence electrons. The fourth-order valence-electron chi connectivity index (χ4n) is 5.67. The van der Waals surface area contributed by atoms with Crippen molar-refractivity contribution in [3.8, 4) is 0 Å². The fraction of sp³-hybridized carbons (Fsp3) is 0.552. The number of carboxylic acids is 1. The van der Waals surface area contributed by atoms with Gasteiger partial charge in [0.15, 0.2) is 0 Å². The summed E-state index contributed by atoms with van der Waals surface area (Å²) >= 11 is 0. The van der Waals surface area contributed by atoms with Crippen molar-refractivity contribution < 1.29 is 19.1 Å². The van der Waals surface area contributed by atoms with Crippen molar-refractivity contribution >= 4 is 17.7 Å². The molecule has 0 unspecified atom stereocenters. The molecular weight excluding hydrogens is 471 g/mol. The second kappa shape index (κ2) is 11.6. The largest absolute Gasteiger partial charge is 0.481 e. The summed E-state index contributed by atoms with van der Waals surface area (Å²) in [5.74, 6) is -0.369. The molecule has 1 amide bonds. The molecule has 0 bridgehead atoms. The fourth-order valence-corrected chi connectivity index (χ4v) is 5.67. The van der Waals surface area contributed by atoms with E-state index in [-0.39, 0.29) is 24.1 Å². The van der Waals surface area contributed by atoms with Crippen molar-refractivity contribution in [2.45, 2.75) is 69.7 Å². The summed E-state index contributed by atoms with van der Waals surface area (Å²) < 4.78 is 14.3.